The molecule has 0 unspecified atom stereocenters. The van der Waals surface area contributed by atoms with E-state index in [1.807, 2.05) is 30.3 Å². The average Bonchev–Trinajstić information content (AvgIpc) is 3.37. The van der Waals surface area contributed by atoms with E-state index in [1.165, 1.54) is 4.90 Å². The van der Waals surface area contributed by atoms with Crippen molar-refractivity contribution >= 4 is 46.2 Å². The van der Waals surface area contributed by atoms with Gasteiger partial charge in [0.1, 0.15) is 5.75 Å². The molecule has 3 aromatic carbocycles. The molecule has 6 atom stereocenters. The van der Waals surface area contributed by atoms with Crippen molar-refractivity contribution in [2.75, 3.05) is 12.0 Å². The Morgan fingerprint density at radius 3 is 2.36 bits per heavy atom. The molecule has 212 valence electrons. The van der Waals surface area contributed by atoms with Gasteiger partial charge in [0, 0.05) is 11.5 Å². The number of anilines is 1. The predicted molar refractivity (Wildman–Crippen MR) is 151 cm³/mol. The summed E-state index contributed by atoms with van der Waals surface area (Å²) in [6, 6.07) is 19.6. The SMILES string of the molecule is COC(=O)N1C(=O)[C@H]2[C@H](CC=C3[C@H]2C[C@H]2C(=O)N(c4ccccc4)C(=O)[C@@]2(C)[C@H]3c2c(O)ccc3ccccc23)C1=O. The number of carbonyl (C=O) groups excluding carboxylic acids is 5. The summed E-state index contributed by atoms with van der Waals surface area (Å²) in [6.07, 6.45) is 1.18. The van der Waals surface area contributed by atoms with Crippen LogP contribution in [-0.2, 0) is 23.9 Å². The topological polar surface area (TPSA) is 121 Å². The molecule has 0 bridgehead atoms. The molecule has 0 spiro atoms. The third-order valence-corrected chi connectivity index (χ3v) is 9.88. The lowest BCUT2D eigenvalue weighted by molar-refractivity contribution is -0.138. The number of methoxy groups -OCH3 is 1. The number of allylic oxidation sites excluding steroid dienone is 2. The van der Waals surface area contributed by atoms with Gasteiger partial charge >= 0.3 is 6.09 Å². The lowest BCUT2D eigenvalue weighted by atomic mass is 9.51. The minimum atomic E-state index is -1.29. The second-order valence-corrected chi connectivity index (χ2v) is 11.7. The molecule has 1 N–H and O–H groups in total. The van der Waals surface area contributed by atoms with Crippen LogP contribution in [0.2, 0.25) is 0 Å². The number of phenolic OH excluding ortho intramolecular Hbond substituents is 1. The Morgan fingerprint density at radius 1 is 0.905 bits per heavy atom. The number of carbonyl (C=O) groups is 5. The number of aromatic hydroxyl groups is 1. The normalized spacial score (nSPS) is 30.2. The molecule has 1 saturated carbocycles. The van der Waals surface area contributed by atoms with Crippen LogP contribution in [0.4, 0.5) is 10.5 Å². The third kappa shape index (κ3) is 3.27. The highest BCUT2D eigenvalue weighted by Gasteiger charge is 2.68. The van der Waals surface area contributed by atoms with Crippen molar-refractivity contribution in [3.63, 3.8) is 0 Å². The number of hydrogen-bond donors (Lipinski definition) is 1. The number of fused-ring (bicyclic) bond motifs is 5. The van der Waals surface area contributed by atoms with Crippen molar-refractivity contribution in [1.29, 1.82) is 0 Å². The van der Waals surface area contributed by atoms with E-state index < -0.39 is 52.9 Å². The van der Waals surface area contributed by atoms with Crippen LogP contribution in [0.3, 0.4) is 0 Å². The number of benzene rings is 3. The predicted octanol–water partition coefficient (Wildman–Crippen LogP) is 4.54. The molecule has 9 heteroatoms. The second-order valence-electron chi connectivity index (χ2n) is 11.7. The first-order valence-electron chi connectivity index (χ1n) is 14.0. The molecule has 3 aromatic rings. The molecule has 2 aliphatic carbocycles. The van der Waals surface area contributed by atoms with E-state index in [2.05, 4.69) is 0 Å². The van der Waals surface area contributed by atoms with Gasteiger partial charge in [0.05, 0.1) is 36.0 Å². The molecule has 2 aliphatic heterocycles. The molecule has 0 radical (unpaired) electrons. The van der Waals surface area contributed by atoms with Crippen LogP contribution < -0.4 is 4.90 Å². The second kappa shape index (κ2) is 9.11. The summed E-state index contributed by atoms with van der Waals surface area (Å²) >= 11 is 0. The molecule has 4 aliphatic rings. The van der Waals surface area contributed by atoms with Crippen LogP contribution >= 0.6 is 0 Å². The van der Waals surface area contributed by atoms with E-state index in [1.54, 1.807) is 49.4 Å². The zero-order chi connectivity index (χ0) is 29.5. The summed E-state index contributed by atoms with van der Waals surface area (Å²) in [4.78, 5) is 69.9. The first-order chi connectivity index (χ1) is 20.2. The van der Waals surface area contributed by atoms with Crippen LogP contribution in [0.25, 0.3) is 10.8 Å². The fourth-order valence-corrected chi connectivity index (χ4v) is 8.01. The maximum Gasteiger partial charge on any atom is 0.423 e. The summed E-state index contributed by atoms with van der Waals surface area (Å²) in [5.41, 5.74) is 0.387. The first-order valence-corrected chi connectivity index (χ1v) is 14.0. The Bertz CT molecular complexity index is 1750. The van der Waals surface area contributed by atoms with Crippen molar-refractivity contribution in [2.45, 2.75) is 25.7 Å². The molecule has 5 amide bonds. The Kier molecular flexibility index (Phi) is 5.67. The van der Waals surface area contributed by atoms with Crippen molar-refractivity contribution in [3.05, 3.63) is 83.9 Å². The average molecular weight is 565 g/mol. The Morgan fingerprint density at radius 2 is 1.62 bits per heavy atom. The first kappa shape index (κ1) is 26.1. The zero-order valence-corrected chi connectivity index (χ0v) is 23.0. The maximum atomic E-state index is 14.5. The highest BCUT2D eigenvalue weighted by Crippen LogP contribution is 2.65. The van der Waals surface area contributed by atoms with Gasteiger partial charge in [0.2, 0.25) is 23.6 Å². The molecule has 42 heavy (non-hydrogen) atoms. The Hall–Kier alpha value is -4.79. The molecule has 7 rings (SSSR count). The van der Waals surface area contributed by atoms with E-state index in [-0.39, 0.29) is 30.4 Å². The van der Waals surface area contributed by atoms with Gasteiger partial charge in [-0.25, -0.2) is 9.69 Å². The summed E-state index contributed by atoms with van der Waals surface area (Å²) in [6.45, 7) is 1.78. The van der Waals surface area contributed by atoms with E-state index in [4.69, 9.17) is 4.74 Å². The van der Waals surface area contributed by atoms with Gasteiger partial charge in [-0.1, -0.05) is 60.2 Å². The molecule has 9 nitrogen and oxygen atoms in total. The number of ether oxygens (including phenoxy) is 1. The van der Waals surface area contributed by atoms with Crippen molar-refractivity contribution < 1.29 is 33.8 Å². The van der Waals surface area contributed by atoms with Gasteiger partial charge in [0.15, 0.2) is 0 Å². The summed E-state index contributed by atoms with van der Waals surface area (Å²) in [7, 11) is 1.11. The highest BCUT2D eigenvalue weighted by atomic mass is 16.5. The van der Waals surface area contributed by atoms with Gasteiger partial charge in [-0.3, -0.25) is 19.2 Å². The number of imide groups is 4. The molecule has 2 heterocycles. The Labute approximate surface area is 241 Å². The lowest BCUT2D eigenvalue weighted by Gasteiger charge is -2.49. The van der Waals surface area contributed by atoms with Crippen LogP contribution in [0.5, 0.6) is 5.75 Å². The molecular weight excluding hydrogens is 536 g/mol. The summed E-state index contributed by atoms with van der Waals surface area (Å²) < 4.78 is 4.74. The van der Waals surface area contributed by atoms with Crippen molar-refractivity contribution in [3.8, 4) is 5.75 Å². The zero-order valence-electron chi connectivity index (χ0n) is 23.0. The van der Waals surface area contributed by atoms with Gasteiger partial charge in [-0.15, -0.1) is 0 Å². The number of para-hydroxylation sites is 1. The summed E-state index contributed by atoms with van der Waals surface area (Å²) in [5, 5.41) is 13.0. The Balaban J connectivity index is 1.46. The van der Waals surface area contributed by atoms with Crippen LogP contribution in [0.1, 0.15) is 31.2 Å². The van der Waals surface area contributed by atoms with Gasteiger partial charge in [-0.2, -0.15) is 4.90 Å². The smallest absolute Gasteiger partial charge is 0.423 e. The molecular formula is C33H28N2O7. The molecule has 3 fully saturated rings. The number of rotatable bonds is 2. The maximum absolute atomic E-state index is 14.5. The van der Waals surface area contributed by atoms with Gasteiger partial charge in [0.25, 0.3) is 0 Å². The van der Waals surface area contributed by atoms with E-state index in [0.29, 0.717) is 16.2 Å². The van der Waals surface area contributed by atoms with Gasteiger partial charge in [-0.05, 0) is 54.7 Å². The highest BCUT2D eigenvalue weighted by molar-refractivity contribution is 6.24. The largest absolute Gasteiger partial charge is 0.508 e. The van der Waals surface area contributed by atoms with E-state index in [9.17, 15) is 29.1 Å². The summed E-state index contributed by atoms with van der Waals surface area (Å²) in [5.74, 6) is -5.97. The van der Waals surface area contributed by atoms with Crippen LogP contribution in [-0.4, -0.2) is 46.8 Å². The fourth-order valence-electron chi connectivity index (χ4n) is 8.01. The van der Waals surface area contributed by atoms with Crippen LogP contribution in [0, 0.1) is 29.1 Å². The van der Waals surface area contributed by atoms with E-state index >= 15 is 0 Å². The van der Waals surface area contributed by atoms with E-state index in [0.717, 1.165) is 23.5 Å². The third-order valence-electron chi connectivity index (χ3n) is 9.88. The van der Waals surface area contributed by atoms with Crippen molar-refractivity contribution in [1.82, 2.24) is 4.90 Å². The number of amides is 5. The number of nitrogens with zero attached hydrogens (tertiary/aromatic N) is 2. The monoisotopic (exact) mass is 564 g/mol. The minimum Gasteiger partial charge on any atom is -0.508 e. The molecule has 0 aromatic heterocycles. The standard InChI is InChI=1S/C33H28N2O7/c1-33-23(29(38)34(31(33)40)18-9-4-3-5-10-18)16-22-20(13-14-21-25(22)30(39)35(28(21)37)32(41)42-2)27(33)26-19-11-7-6-8-17(19)12-15-24(26)36/h3-13,15,21-23,25,27,36H,14,16H2,1-2H3/t21-,22+,23-,25-,27+,33+/m0/s1. The number of likely N-dealkylation sites (tertiary alicyclic amines) is 1. The minimum absolute atomic E-state index is 0.0224. The van der Waals surface area contributed by atoms with Crippen molar-refractivity contribution in [2.24, 2.45) is 29.1 Å². The van der Waals surface area contributed by atoms with Gasteiger partial charge < -0.3 is 9.84 Å². The number of phenols is 1. The quantitative estimate of drug-likeness (QED) is 0.358. The lowest BCUT2D eigenvalue weighted by Crippen LogP contribution is -2.49. The molecule has 2 saturated heterocycles. The fraction of sp³-hybridized carbons (Fsp3) is 0.303. The van der Waals surface area contributed by atoms with Crippen LogP contribution in [0.15, 0.2) is 78.4 Å². The number of hydrogen-bond acceptors (Lipinski definition) is 7.